The Bertz CT molecular complexity index is 248. The van der Waals surface area contributed by atoms with E-state index in [0.717, 1.165) is 13.0 Å². The van der Waals surface area contributed by atoms with Crippen molar-refractivity contribution < 1.29 is 4.79 Å². The zero-order chi connectivity index (χ0) is 14.9. The van der Waals surface area contributed by atoms with E-state index >= 15 is 0 Å². The Morgan fingerprint density at radius 1 is 1.05 bits per heavy atom. The number of unbranched alkanes of at least 4 members (excludes halogenated alkanes) is 2. The van der Waals surface area contributed by atoms with Crippen molar-refractivity contribution in [2.24, 2.45) is 17.3 Å². The average Bonchev–Trinajstić information content (AvgIpc) is 2.34. The first-order valence-electron chi connectivity index (χ1n) is 8.11. The van der Waals surface area contributed by atoms with E-state index in [2.05, 4.69) is 33.0 Å². The lowest BCUT2D eigenvalue weighted by molar-refractivity contribution is -0.124. The minimum Gasteiger partial charge on any atom is -0.356 e. The molecule has 0 heterocycles. The summed E-state index contributed by atoms with van der Waals surface area (Å²) >= 11 is 0. The van der Waals surface area contributed by atoms with E-state index in [9.17, 15) is 4.79 Å². The molecule has 0 spiro atoms. The highest BCUT2D eigenvalue weighted by atomic mass is 16.1. The molecule has 0 aliphatic carbocycles. The molecule has 114 valence electrons. The third-order valence-electron chi connectivity index (χ3n) is 4.49. The summed E-state index contributed by atoms with van der Waals surface area (Å²) in [5, 5.41) is 3.02. The molecule has 1 N–H and O–H groups in total. The molecule has 0 aliphatic heterocycles. The maximum atomic E-state index is 11.5. The van der Waals surface area contributed by atoms with Gasteiger partial charge in [0.15, 0.2) is 0 Å². The number of nitrogens with one attached hydrogen (secondary N) is 1. The maximum absolute atomic E-state index is 11.5. The summed E-state index contributed by atoms with van der Waals surface area (Å²) in [6, 6.07) is 0. The third kappa shape index (κ3) is 7.59. The SMILES string of the molecule is CCCCCC(C)(CCCNC(=O)C(C)C)C(C)C. The molecule has 0 saturated heterocycles. The summed E-state index contributed by atoms with van der Waals surface area (Å²) in [7, 11) is 0. The van der Waals surface area contributed by atoms with Crippen LogP contribution in [0, 0.1) is 17.3 Å². The molecule has 0 bridgehead atoms. The molecule has 0 rings (SSSR count). The van der Waals surface area contributed by atoms with Crippen molar-refractivity contribution in [2.75, 3.05) is 6.54 Å². The van der Waals surface area contributed by atoms with E-state index in [-0.39, 0.29) is 11.8 Å². The number of carbonyl (C=O) groups excluding carboxylic acids is 1. The van der Waals surface area contributed by atoms with E-state index in [1.54, 1.807) is 0 Å². The van der Waals surface area contributed by atoms with Crippen LogP contribution >= 0.6 is 0 Å². The number of carbonyl (C=O) groups is 1. The average molecular weight is 269 g/mol. The number of rotatable bonds is 10. The van der Waals surface area contributed by atoms with E-state index in [1.807, 2.05) is 13.8 Å². The molecule has 2 nitrogen and oxygen atoms in total. The highest BCUT2D eigenvalue weighted by Crippen LogP contribution is 2.37. The smallest absolute Gasteiger partial charge is 0.222 e. The van der Waals surface area contributed by atoms with Gasteiger partial charge >= 0.3 is 0 Å². The topological polar surface area (TPSA) is 29.1 Å². The van der Waals surface area contributed by atoms with Crippen LogP contribution in [-0.4, -0.2) is 12.5 Å². The Labute approximate surface area is 120 Å². The van der Waals surface area contributed by atoms with Crippen molar-refractivity contribution in [3.8, 4) is 0 Å². The standard InChI is InChI=1S/C17H35NO/c1-7-8-9-11-17(6,15(4)5)12-10-13-18-16(19)14(2)3/h14-15H,7-13H2,1-6H3,(H,18,19). The summed E-state index contributed by atoms with van der Waals surface area (Å²) in [6.07, 6.45) is 7.59. The summed E-state index contributed by atoms with van der Waals surface area (Å²) in [5.74, 6) is 0.989. The molecule has 0 aromatic heterocycles. The van der Waals surface area contributed by atoms with Gasteiger partial charge in [-0.25, -0.2) is 0 Å². The second-order valence-electron chi connectivity index (χ2n) is 6.82. The Balaban J connectivity index is 4.03. The van der Waals surface area contributed by atoms with E-state index in [0.29, 0.717) is 11.3 Å². The predicted octanol–water partition coefficient (Wildman–Crippen LogP) is 4.78. The first-order chi connectivity index (χ1) is 8.83. The van der Waals surface area contributed by atoms with Gasteiger partial charge in [0.25, 0.3) is 0 Å². The van der Waals surface area contributed by atoms with Crippen LogP contribution in [0.5, 0.6) is 0 Å². The van der Waals surface area contributed by atoms with Crippen LogP contribution < -0.4 is 5.32 Å². The lowest BCUT2D eigenvalue weighted by atomic mass is 9.72. The summed E-state index contributed by atoms with van der Waals surface area (Å²) in [4.78, 5) is 11.5. The summed E-state index contributed by atoms with van der Waals surface area (Å²) < 4.78 is 0. The van der Waals surface area contributed by atoms with Gasteiger partial charge in [-0.05, 0) is 30.6 Å². The molecule has 2 heteroatoms. The molecule has 0 aromatic carbocycles. The van der Waals surface area contributed by atoms with Crippen LogP contribution in [0.25, 0.3) is 0 Å². The molecule has 1 unspecified atom stereocenters. The van der Waals surface area contributed by atoms with Gasteiger partial charge in [0.05, 0.1) is 0 Å². The molecule has 0 saturated carbocycles. The van der Waals surface area contributed by atoms with Crippen LogP contribution in [0.3, 0.4) is 0 Å². The first-order valence-corrected chi connectivity index (χ1v) is 8.11. The number of hydrogen-bond acceptors (Lipinski definition) is 1. The van der Waals surface area contributed by atoms with Crippen LogP contribution in [0.15, 0.2) is 0 Å². The van der Waals surface area contributed by atoms with Gasteiger partial charge in [-0.15, -0.1) is 0 Å². The van der Waals surface area contributed by atoms with Gasteiger partial charge in [-0.1, -0.05) is 60.8 Å². The Morgan fingerprint density at radius 2 is 1.63 bits per heavy atom. The maximum Gasteiger partial charge on any atom is 0.222 e. The van der Waals surface area contributed by atoms with Gasteiger partial charge in [-0.2, -0.15) is 0 Å². The third-order valence-corrected chi connectivity index (χ3v) is 4.49. The largest absolute Gasteiger partial charge is 0.356 e. The first kappa shape index (κ1) is 18.5. The van der Waals surface area contributed by atoms with Gasteiger partial charge < -0.3 is 5.32 Å². The molecular weight excluding hydrogens is 234 g/mol. The Kier molecular flexibility index (Phi) is 9.12. The molecule has 19 heavy (non-hydrogen) atoms. The second-order valence-corrected chi connectivity index (χ2v) is 6.82. The molecule has 0 radical (unpaired) electrons. The van der Waals surface area contributed by atoms with Crippen molar-refractivity contribution in [2.45, 2.75) is 80.1 Å². The van der Waals surface area contributed by atoms with Crippen LogP contribution in [0.2, 0.25) is 0 Å². The molecule has 1 atom stereocenters. The van der Waals surface area contributed by atoms with Crippen LogP contribution in [0.4, 0.5) is 0 Å². The molecule has 1 amide bonds. The van der Waals surface area contributed by atoms with Crippen LogP contribution in [-0.2, 0) is 4.79 Å². The fraction of sp³-hybridized carbons (Fsp3) is 0.941. The minimum absolute atomic E-state index is 0.0982. The van der Waals surface area contributed by atoms with Gasteiger partial charge in [0.1, 0.15) is 0 Å². The normalized spacial score (nSPS) is 14.7. The van der Waals surface area contributed by atoms with Crippen LogP contribution in [0.1, 0.15) is 80.1 Å². The highest BCUT2D eigenvalue weighted by Gasteiger charge is 2.27. The Morgan fingerprint density at radius 3 is 2.11 bits per heavy atom. The van der Waals surface area contributed by atoms with Crippen molar-refractivity contribution in [3.63, 3.8) is 0 Å². The lowest BCUT2D eigenvalue weighted by Crippen LogP contribution is -2.30. The van der Waals surface area contributed by atoms with E-state index < -0.39 is 0 Å². The van der Waals surface area contributed by atoms with E-state index in [4.69, 9.17) is 0 Å². The summed E-state index contributed by atoms with van der Waals surface area (Å²) in [6.45, 7) is 14.0. The van der Waals surface area contributed by atoms with Gasteiger partial charge in [-0.3, -0.25) is 4.79 Å². The van der Waals surface area contributed by atoms with Crippen molar-refractivity contribution in [1.82, 2.24) is 5.32 Å². The highest BCUT2D eigenvalue weighted by molar-refractivity contribution is 5.77. The monoisotopic (exact) mass is 269 g/mol. The van der Waals surface area contributed by atoms with Gasteiger partial charge in [0, 0.05) is 12.5 Å². The zero-order valence-electron chi connectivity index (χ0n) is 14.0. The van der Waals surface area contributed by atoms with Crippen molar-refractivity contribution >= 4 is 5.91 Å². The molecular formula is C17H35NO. The lowest BCUT2D eigenvalue weighted by Gasteiger charge is -2.34. The Hall–Kier alpha value is -0.530. The quantitative estimate of drug-likeness (QED) is 0.568. The molecule has 0 aromatic rings. The number of hydrogen-bond donors (Lipinski definition) is 1. The summed E-state index contributed by atoms with van der Waals surface area (Å²) in [5.41, 5.74) is 0.428. The van der Waals surface area contributed by atoms with Crippen molar-refractivity contribution in [1.29, 1.82) is 0 Å². The van der Waals surface area contributed by atoms with Crippen molar-refractivity contribution in [3.05, 3.63) is 0 Å². The zero-order valence-corrected chi connectivity index (χ0v) is 14.0. The fourth-order valence-electron chi connectivity index (χ4n) is 2.39. The fourth-order valence-corrected chi connectivity index (χ4v) is 2.39. The molecule has 0 aliphatic rings. The minimum atomic E-state index is 0.0982. The van der Waals surface area contributed by atoms with E-state index in [1.165, 1.54) is 32.1 Å². The predicted molar refractivity (Wildman–Crippen MR) is 84.2 cm³/mol. The number of amides is 1. The van der Waals surface area contributed by atoms with Gasteiger partial charge in [0.2, 0.25) is 5.91 Å². The second kappa shape index (κ2) is 9.39. The molecule has 0 fully saturated rings.